The Hall–Kier alpha value is -2.97. The van der Waals surface area contributed by atoms with Crippen LogP contribution in [0, 0.1) is 11.3 Å². The number of aromatic nitrogens is 1. The number of benzene rings is 1. The van der Waals surface area contributed by atoms with Gasteiger partial charge in [0, 0.05) is 28.4 Å². The number of carboxylic acids is 1. The van der Waals surface area contributed by atoms with Crippen molar-refractivity contribution in [1.82, 2.24) is 15.2 Å². The smallest absolute Gasteiger partial charge is 0.305 e. The van der Waals surface area contributed by atoms with Crippen molar-refractivity contribution in [3.63, 3.8) is 0 Å². The van der Waals surface area contributed by atoms with E-state index in [-0.39, 0.29) is 24.3 Å². The van der Waals surface area contributed by atoms with Crippen LogP contribution < -0.4 is 5.32 Å². The highest BCUT2D eigenvalue weighted by Gasteiger charge is 2.52. The van der Waals surface area contributed by atoms with E-state index in [0.717, 1.165) is 25.7 Å². The first kappa shape index (κ1) is 29.0. The van der Waals surface area contributed by atoms with Gasteiger partial charge in [-0.05, 0) is 74.3 Å². The van der Waals surface area contributed by atoms with Crippen LogP contribution in [0.5, 0.6) is 0 Å². The first-order valence-electron chi connectivity index (χ1n) is 13.2. The second-order valence-electron chi connectivity index (χ2n) is 11.5. The largest absolute Gasteiger partial charge is 0.481 e. The number of nitrogens with one attached hydrogen (secondary N) is 1. The number of pyridine rings is 1. The Morgan fingerprint density at radius 2 is 1.79 bits per heavy atom. The summed E-state index contributed by atoms with van der Waals surface area (Å²) in [5.74, 6) is -1.07. The lowest BCUT2D eigenvalue weighted by molar-refractivity contribution is -0.137. The van der Waals surface area contributed by atoms with Gasteiger partial charge < -0.3 is 15.3 Å². The van der Waals surface area contributed by atoms with E-state index in [1.54, 1.807) is 30.3 Å². The summed E-state index contributed by atoms with van der Waals surface area (Å²) in [6.07, 6.45) is 4.62. The maximum Gasteiger partial charge on any atom is 0.305 e. The SMILES string of the molecule is CC(c1ccc(C(=O)NCCC(=O)O)cn1)N1C(=O)C(c2cc(Cl)cc(Cl)c2)=NC12CCC(C(C)(C)C)CC2. The predicted octanol–water partition coefficient (Wildman–Crippen LogP) is 5.92. The van der Waals surface area contributed by atoms with Gasteiger partial charge in [0.1, 0.15) is 11.4 Å². The molecule has 8 nitrogen and oxygen atoms in total. The van der Waals surface area contributed by atoms with Gasteiger partial charge in [0.05, 0.1) is 23.7 Å². The van der Waals surface area contributed by atoms with Crippen LogP contribution in [-0.2, 0) is 9.59 Å². The van der Waals surface area contributed by atoms with Crippen molar-refractivity contribution in [2.24, 2.45) is 16.3 Å². The lowest BCUT2D eigenvalue weighted by Crippen LogP contribution is -2.51. The fourth-order valence-electron chi connectivity index (χ4n) is 5.63. The number of carbonyl (C=O) groups is 3. The number of aliphatic carboxylic acids is 1. The number of nitrogens with zero attached hydrogens (tertiary/aromatic N) is 3. The average Bonchev–Trinajstić information content (AvgIpc) is 3.13. The Bertz CT molecular complexity index is 1280. The lowest BCUT2D eigenvalue weighted by atomic mass is 9.69. The summed E-state index contributed by atoms with van der Waals surface area (Å²) >= 11 is 12.5. The molecule has 0 saturated heterocycles. The fraction of sp³-hybridized carbons (Fsp3) is 0.483. The minimum atomic E-state index is -0.986. The zero-order valence-electron chi connectivity index (χ0n) is 22.6. The normalized spacial score (nSPS) is 22.1. The van der Waals surface area contributed by atoms with Crippen molar-refractivity contribution in [3.05, 3.63) is 63.4 Å². The Morgan fingerprint density at radius 3 is 2.33 bits per heavy atom. The molecule has 2 amide bonds. The van der Waals surface area contributed by atoms with Crippen LogP contribution >= 0.6 is 23.2 Å². The molecule has 1 fully saturated rings. The van der Waals surface area contributed by atoms with Gasteiger partial charge in [0.25, 0.3) is 11.8 Å². The Labute approximate surface area is 238 Å². The molecule has 1 aromatic carbocycles. The maximum absolute atomic E-state index is 14.0. The molecule has 2 N–H and O–H groups in total. The molecular weight excluding hydrogens is 539 g/mol. The van der Waals surface area contributed by atoms with Crippen LogP contribution in [0.4, 0.5) is 0 Å². The van der Waals surface area contributed by atoms with Crippen molar-refractivity contribution >= 4 is 46.7 Å². The third-order valence-electron chi connectivity index (χ3n) is 7.83. The molecule has 10 heteroatoms. The summed E-state index contributed by atoms with van der Waals surface area (Å²) in [6, 6.07) is 8.00. The number of amides is 2. The van der Waals surface area contributed by atoms with Crippen molar-refractivity contribution in [3.8, 4) is 0 Å². The first-order chi connectivity index (χ1) is 18.3. The Balaban J connectivity index is 1.63. The van der Waals surface area contributed by atoms with E-state index in [0.29, 0.717) is 38.5 Å². The molecule has 0 radical (unpaired) electrons. The number of hydrogen-bond donors (Lipinski definition) is 2. The molecule has 1 aliphatic heterocycles. The maximum atomic E-state index is 14.0. The molecule has 2 aliphatic rings. The highest BCUT2D eigenvalue weighted by Crippen LogP contribution is 2.49. The van der Waals surface area contributed by atoms with Crippen molar-refractivity contribution in [1.29, 1.82) is 0 Å². The molecule has 39 heavy (non-hydrogen) atoms. The molecule has 1 saturated carbocycles. The second-order valence-corrected chi connectivity index (χ2v) is 12.3. The average molecular weight is 574 g/mol. The number of aliphatic imine (C=N–C) groups is 1. The molecule has 208 valence electrons. The molecule has 1 spiro atoms. The Morgan fingerprint density at radius 1 is 1.15 bits per heavy atom. The van der Waals surface area contributed by atoms with Gasteiger partial charge in [0.2, 0.25) is 0 Å². The molecule has 1 atom stereocenters. The number of carboxylic acid groups (broad SMARTS) is 1. The minimum Gasteiger partial charge on any atom is -0.481 e. The van der Waals surface area contributed by atoms with E-state index in [1.165, 1.54) is 6.20 Å². The lowest BCUT2D eigenvalue weighted by Gasteiger charge is -2.46. The fourth-order valence-corrected chi connectivity index (χ4v) is 6.16. The second kappa shape index (κ2) is 11.3. The summed E-state index contributed by atoms with van der Waals surface area (Å²) in [7, 11) is 0. The van der Waals surface area contributed by atoms with Gasteiger partial charge in [-0.2, -0.15) is 0 Å². The van der Waals surface area contributed by atoms with E-state index >= 15 is 0 Å². The van der Waals surface area contributed by atoms with Crippen LogP contribution in [0.3, 0.4) is 0 Å². The van der Waals surface area contributed by atoms with Gasteiger partial charge in [0.15, 0.2) is 0 Å². The number of halogens is 2. The topological polar surface area (TPSA) is 112 Å². The molecular formula is C29H34Cl2N4O4. The third-order valence-corrected chi connectivity index (χ3v) is 8.26. The van der Waals surface area contributed by atoms with E-state index in [9.17, 15) is 14.4 Å². The van der Waals surface area contributed by atoms with Crippen molar-refractivity contribution < 1.29 is 19.5 Å². The molecule has 4 rings (SSSR count). The molecule has 1 aliphatic carbocycles. The van der Waals surface area contributed by atoms with E-state index < -0.39 is 23.6 Å². The van der Waals surface area contributed by atoms with Gasteiger partial charge >= 0.3 is 5.97 Å². The highest BCUT2D eigenvalue weighted by molar-refractivity contribution is 6.47. The summed E-state index contributed by atoms with van der Waals surface area (Å²) in [5, 5.41) is 12.2. The quantitative estimate of drug-likeness (QED) is 0.427. The molecule has 0 bridgehead atoms. The summed E-state index contributed by atoms with van der Waals surface area (Å²) in [4.78, 5) is 48.5. The van der Waals surface area contributed by atoms with Crippen molar-refractivity contribution in [2.45, 2.75) is 71.5 Å². The monoisotopic (exact) mass is 572 g/mol. The van der Waals surface area contributed by atoms with Crippen LogP contribution in [-0.4, -0.2) is 50.7 Å². The van der Waals surface area contributed by atoms with Gasteiger partial charge in [-0.1, -0.05) is 44.0 Å². The third kappa shape index (κ3) is 6.28. The van der Waals surface area contributed by atoms with E-state index in [4.69, 9.17) is 33.3 Å². The molecule has 2 heterocycles. The number of carbonyl (C=O) groups excluding carboxylic acids is 2. The highest BCUT2D eigenvalue weighted by atomic mass is 35.5. The predicted molar refractivity (Wildman–Crippen MR) is 151 cm³/mol. The van der Waals surface area contributed by atoms with Crippen LogP contribution in [0.1, 0.15) is 87.5 Å². The van der Waals surface area contributed by atoms with Crippen LogP contribution in [0.2, 0.25) is 10.0 Å². The zero-order chi connectivity index (χ0) is 28.5. The van der Waals surface area contributed by atoms with Crippen molar-refractivity contribution in [2.75, 3.05) is 6.54 Å². The summed E-state index contributed by atoms with van der Waals surface area (Å²) in [5.41, 5.74) is 1.33. The minimum absolute atomic E-state index is 0.0281. The summed E-state index contributed by atoms with van der Waals surface area (Å²) < 4.78 is 0. The van der Waals surface area contributed by atoms with E-state index in [1.807, 2.05) is 11.8 Å². The van der Waals surface area contributed by atoms with Gasteiger partial charge in [-0.25, -0.2) is 0 Å². The zero-order valence-corrected chi connectivity index (χ0v) is 24.1. The molecule has 1 unspecified atom stereocenters. The van der Waals surface area contributed by atoms with Crippen LogP contribution in [0.15, 0.2) is 41.5 Å². The standard InChI is InChI=1S/C29H34Cl2N4O4/c1-17(23-6-5-18(16-33-23)26(38)32-12-9-24(36)37)35-27(39)25(19-13-21(30)15-22(31)14-19)34-29(35)10-7-20(8-11-29)28(2,3)4/h5-6,13-17,20H,7-12H2,1-4H3,(H,32,38)(H,36,37). The number of rotatable bonds is 7. The van der Waals surface area contributed by atoms with Gasteiger partial charge in [-0.3, -0.25) is 24.4 Å². The van der Waals surface area contributed by atoms with E-state index in [2.05, 4.69) is 31.1 Å². The Kier molecular flexibility index (Phi) is 8.38. The summed E-state index contributed by atoms with van der Waals surface area (Å²) in [6.45, 7) is 8.71. The number of hydrogen-bond acceptors (Lipinski definition) is 5. The first-order valence-corrected chi connectivity index (χ1v) is 13.9. The van der Waals surface area contributed by atoms with Crippen LogP contribution in [0.25, 0.3) is 0 Å². The van der Waals surface area contributed by atoms with Gasteiger partial charge in [-0.15, -0.1) is 0 Å². The molecule has 2 aromatic rings. The molecule has 1 aromatic heterocycles.